The lowest BCUT2D eigenvalue weighted by atomic mass is 10.3. The highest BCUT2D eigenvalue weighted by molar-refractivity contribution is 5.80. The summed E-state index contributed by atoms with van der Waals surface area (Å²) < 4.78 is 0. The van der Waals surface area contributed by atoms with Crippen molar-refractivity contribution in [1.82, 2.24) is 20.4 Å². The van der Waals surface area contributed by atoms with Crippen molar-refractivity contribution in [3.63, 3.8) is 0 Å². The van der Waals surface area contributed by atoms with E-state index >= 15 is 0 Å². The number of nitrogens with one attached hydrogen (secondary N) is 2. The van der Waals surface area contributed by atoms with Gasteiger partial charge >= 0.3 is 0 Å². The van der Waals surface area contributed by atoms with Gasteiger partial charge in [-0.1, -0.05) is 12.8 Å². The summed E-state index contributed by atoms with van der Waals surface area (Å²) in [6, 6.07) is 0.211. The van der Waals surface area contributed by atoms with Crippen LogP contribution in [0.1, 0.15) is 33.1 Å². The zero-order chi connectivity index (χ0) is 15.9. The van der Waals surface area contributed by atoms with Crippen molar-refractivity contribution in [2.45, 2.75) is 39.2 Å². The molecule has 2 aliphatic rings. The van der Waals surface area contributed by atoms with Crippen molar-refractivity contribution in [3.05, 3.63) is 0 Å². The fourth-order valence-corrected chi connectivity index (χ4v) is 2.82. The van der Waals surface area contributed by atoms with Crippen LogP contribution >= 0.6 is 0 Å². The summed E-state index contributed by atoms with van der Waals surface area (Å²) in [6.45, 7) is 9.19. The maximum Gasteiger partial charge on any atom is 0.234 e. The third-order valence-electron chi connectivity index (χ3n) is 4.23. The molecular formula is C16H31N5O. The maximum absolute atomic E-state index is 11.8. The summed E-state index contributed by atoms with van der Waals surface area (Å²) in [5, 5.41) is 6.42. The Kier molecular flexibility index (Phi) is 6.49. The van der Waals surface area contributed by atoms with Crippen LogP contribution in [0.3, 0.4) is 0 Å². The Morgan fingerprint density at radius 3 is 2.45 bits per heavy atom. The van der Waals surface area contributed by atoms with Crippen LogP contribution in [0, 0.1) is 5.92 Å². The Morgan fingerprint density at radius 1 is 1.23 bits per heavy atom. The first-order valence-electron chi connectivity index (χ1n) is 8.55. The van der Waals surface area contributed by atoms with Gasteiger partial charge in [-0.3, -0.25) is 14.7 Å². The van der Waals surface area contributed by atoms with E-state index in [4.69, 9.17) is 0 Å². The van der Waals surface area contributed by atoms with E-state index in [2.05, 4.69) is 25.4 Å². The van der Waals surface area contributed by atoms with E-state index in [9.17, 15) is 4.79 Å². The van der Waals surface area contributed by atoms with E-state index in [0.29, 0.717) is 6.54 Å². The summed E-state index contributed by atoms with van der Waals surface area (Å²) in [5.74, 6) is 2.07. The van der Waals surface area contributed by atoms with Gasteiger partial charge in [0.1, 0.15) is 0 Å². The molecule has 126 valence electrons. The normalized spacial score (nSPS) is 20.4. The topological polar surface area (TPSA) is 60.0 Å². The first kappa shape index (κ1) is 17.1. The number of hydrogen-bond donors (Lipinski definition) is 2. The third-order valence-corrected chi connectivity index (χ3v) is 4.23. The van der Waals surface area contributed by atoms with E-state index in [-0.39, 0.29) is 11.9 Å². The second kappa shape index (κ2) is 8.36. The Morgan fingerprint density at radius 2 is 1.91 bits per heavy atom. The standard InChI is InChI=1S/C16H31N5O/c1-13(2)19-15(22)12-20-8-10-21(11-9-20)16(17-3)18-7-6-14-4-5-14/h13-14H,4-12H2,1-3H3,(H,17,18)(H,19,22). The Labute approximate surface area is 134 Å². The molecule has 0 aromatic carbocycles. The number of aliphatic imine (C=N–C) groups is 1. The van der Waals surface area contributed by atoms with E-state index in [1.807, 2.05) is 20.9 Å². The summed E-state index contributed by atoms with van der Waals surface area (Å²) in [5.41, 5.74) is 0. The van der Waals surface area contributed by atoms with Crippen LogP contribution < -0.4 is 10.6 Å². The van der Waals surface area contributed by atoms with Gasteiger partial charge in [0, 0.05) is 45.8 Å². The smallest absolute Gasteiger partial charge is 0.234 e. The lowest BCUT2D eigenvalue weighted by molar-refractivity contribution is -0.123. The number of amides is 1. The predicted octanol–water partition coefficient (Wildman–Crippen LogP) is 0.504. The van der Waals surface area contributed by atoms with E-state index in [1.54, 1.807) is 0 Å². The van der Waals surface area contributed by atoms with Crippen LogP contribution in [0.25, 0.3) is 0 Å². The molecule has 0 radical (unpaired) electrons. The molecule has 0 bridgehead atoms. The van der Waals surface area contributed by atoms with Crippen LogP contribution in [-0.4, -0.2) is 74.0 Å². The highest BCUT2D eigenvalue weighted by Gasteiger charge is 2.23. The molecule has 0 spiro atoms. The molecule has 0 atom stereocenters. The summed E-state index contributed by atoms with van der Waals surface area (Å²) >= 11 is 0. The summed E-state index contributed by atoms with van der Waals surface area (Å²) in [4.78, 5) is 20.7. The number of carbonyl (C=O) groups is 1. The number of nitrogens with zero attached hydrogens (tertiary/aromatic N) is 3. The first-order valence-corrected chi connectivity index (χ1v) is 8.55. The lowest BCUT2D eigenvalue weighted by Gasteiger charge is -2.36. The van der Waals surface area contributed by atoms with Crippen LogP contribution in [0.2, 0.25) is 0 Å². The van der Waals surface area contributed by atoms with Crippen LogP contribution in [0.15, 0.2) is 4.99 Å². The highest BCUT2D eigenvalue weighted by atomic mass is 16.2. The van der Waals surface area contributed by atoms with Crippen molar-refractivity contribution in [2.75, 3.05) is 46.3 Å². The molecule has 1 saturated carbocycles. The van der Waals surface area contributed by atoms with Crippen LogP contribution in [0.5, 0.6) is 0 Å². The Bertz CT molecular complexity index is 384. The second-order valence-corrected chi connectivity index (χ2v) is 6.69. The highest BCUT2D eigenvalue weighted by Crippen LogP contribution is 2.31. The van der Waals surface area contributed by atoms with Gasteiger partial charge in [0.2, 0.25) is 5.91 Å². The number of carbonyl (C=O) groups excluding carboxylic acids is 1. The molecule has 6 heteroatoms. The zero-order valence-electron chi connectivity index (χ0n) is 14.3. The number of rotatable bonds is 6. The maximum atomic E-state index is 11.8. The molecule has 1 aliphatic heterocycles. The molecule has 2 fully saturated rings. The molecule has 1 aliphatic carbocycles. The molecule has 22 heavy (non-hydrogen) atoms. The Balaban J connectivity index is 1.67. The van der Waals surface area contributed by atoms with Gasteiger partial charge in [-0.2, -0.15) is 0 Å². The molecule has 0 unspecified atom stereocenters. The minimum atomic E-state index is 0.121. The van der Waals surface area contributed by atoms with Gasteiger partial charge in [-0.05, 0) is 26.2 Å². The SMILES string of the molecule is CN=C(NCCC1CC1)N1CCN(CC(=O)NC(C)C)CC1. The van der Waals surface area contributed by atoms with Crippen molar-refractivity contribution < 1.29 is 4.79 Å². The van der Waals surface area contributed by atoms with E-state index < -0.39 is 0 Å². The van der Waals surface area contributed by atoms with E-state index in [1.165, 1.54) is 19.3 Å². The van der Waals surface area contributed by atoms with Gasteiger partial charge in [0.15, 0.2) is 5.96 Å². The molecule has 0 aromatic rings. The van der Waals surface area contributed by atoms with Crippen molar-refractivity contribution in [2.24, 2.45) is 10.9 Å². The van der Waals surface area contributed by atoms with Crippen molar-refractivity contribution >= 4 is 11.9 Å². The molecule has 2 N–H and O–H groups in total. The largest absolute Gasteiger partial charge is 0.356 e. The second-order valence-electron chi connectivity index (χ2n) is 6.69. The van der Waals surface area contributed by atoms with Gasteiger partial charge < -0.3 is 15.5 Å². The van der Waals surface area contributed by atoms with Gasteiger partial charge in [0.05, 0.1) is 6.54 Å². The minimum Gasteiger partial charge on any atom is -0.356 e. The predicted molar refractivity (Wildman–Crippen MR) is 90.0 cm³/mol. The molecule has 6 nitrogen and oxygen atoms in total. The fraction of sp³-hybridized carbons (Fsp3) is 0.875. The van der Waals surface area contributed by atoms with Gasteiger partial charge in [-0.15, -0.1) is 0 Å². The monoisotopic (exact) mass is 309 g/mol. The van der Waals surface area contributed by atoms with Crippen LogP contribution in [-0.2, 0) is 4.79 Å². The van der Waals surface area contributed by atoms with Gasteiger partial charge in [-0.25, -0.2) is 0 Å². The van der Waals surface area contributed by atoms with Gasteiger partial charge in [0.25, 0.3) is 0 Å². The molecule has 0 aromatic heterocycles. The number of guanidine groups is 1. The molecule has 1 amide bonds. The molecule has 2 rings (SSSR count). The average Bonchev–Trinajstić information content (AvgIpc) is 3.28. The number of piperazine rings is 1. The lowest BCUT2D eigenvalue weighted by Crippen LogP contribution is -2.54. The quantitative estimate of drug-likeness (QED) is 0.554. The van der Waals surface area contributed by atoms with Crippen LogP contribution in [0.4, 0.5) is 0 Å². The average molecular weight is 309 g/mol. The zero-order valence-corrected chi connectivity index (χ0v) is 14.3. The molecular weight excluding hydrogens is 278 g/mol. The first-order chi connectivity index (χ1) is 10.6. The van der Waals surface area contributed by atoms with E-state index in [0.717, 1.165) is 44.6 Å². The fourth-order valence-electron chi connectivity index (χ4n) is 2.82. The number of hydrogen-bond acceptors (Lipinski definition) is 3. The van der Waals surface area contributed by atoms with Crippen molar-refractivity contribution in [3.8, 4) is 0 Å². The molecule has 1 heterocycles. The van der Waals surface area contributed by atoms with Crippen molar-refractivity contribution in [1.29, 1.82) is 0 Å². The molecule has 1 saturated heterocycles. The summed E-state index contributed by atoms with van der Waals surface area (Å²) in [6.07, 6.45) is 4.06. The minimum absolute atomic E-state index is 0.121. The third kappa shape index (κ3) is 5.83. The summed E-state index contributed by atoms with van der Waals surface area (Å²) in [7, 11) is 1.85. The Hall–Kier alpha value is -1.30.